The van der Waals surface area contributed by atoms with Crippen LogP contribution in [0.5, 0.6) is 0 Å². The quantitative estimate of drug-likeness (QED) is 0.839. The fraction of sp³-hybridized carbons (Fsp3) is 0.692. The van der Waals surface area contributed by atoms with Gasteiger partial charge in [0.1, 0.15) is 16.6 Å². The van der Waals surface area contributed by atoms with Gasteiger partial charge in [-0.05, 0) is 36.2 Å². The van der Waals surface area contributed by atoms with Crippen molar-refractivity contribution >= 4 is 28.1 Å². The van der Waals surface area contributed by atoms with Crippen LogP contribution >= 0.6 is 23.1 Å². The predicted octanol–water partition coefficient (Wildman–Crippen LogP) is 4.07. The zero-order chi connectivity index (χ0) is 13.2. The molecule has 0 radical (unpaired) electrons. The van der Waals surface area contributed by atoms with E-state index in [0.717, 1.165) is 18.1 Å². The summed E-state index contributed by atoms with van der Waals surface area (Å²) in [6, 6.07) is 2.17. The first-order valence-corrected chi connectivity index (χ1v) is 7.55. The van der Waals surface area contributed by atoms with E-state index in [4.69, 9.17) is 16.9 Å². The zero-order valence-corrected chi connectivity index (χ0v) is 12.4. The van der Waals surface area contributed by atoms with E-state index in [1.54, 1.807) is 0 Å². The third-order valence-corrected chi connectivity index (χ3v) is 4.95. The number of aromatic nitrogens is 1. The van der Waals surface area contributed by atoms with Crippen LogP contribution in [0, 0.1) is 16.7 Å². The van der Waals surface area contributed by atoms with Crippen LogP contribution in [0.15, 0.2) is 0 Å². The number of piperidine rings is 1. The van der Waals surface area contributed by atoms with Crippen molar-refractivity contribution in [3.63, 3.8) is 0 Å². The molecule has 0 aliphatic carbocycles. The highest BCUT2D eigenvalue weighted by molar-refractivity contribution is 7.10. The first kappa shape index (κ1) is 13.6. The number of nitrogens with zero attached hydrogens (tertiary/aromatic N) is 3. The number of hydrogen-bond donors (Lipinski definition) is 0. The van der Waals surface area contributed by atoms with Gasteiger partial charge in [-0.2, -0.15) is 9.64 Å². The van der Waals surface area contributed by atoms with Gasteiger partial charge in [-0.1, -0.05) is 31.9 Å². The second-order valence-corrected chi connectivity index (χ2v) is 6.46. The van der Waals surface area contributed by atoms with Gasteiger partial charge >= 0.3 is 0 Å². The molecule has 0 N–H and O–H groups in total. The van der Waals surface area contributed by atoms with E-state index in [9.17, 15) is 0 Å². The molecule has 5 heteroatoms. The third kappa shape index (κ3) is 2.62. The monoisotopic (exact) mass is 283 g/mol. The molecule has 1 fully saturated rings. The van der Waals surface area contributed by atoms with Crippen LogP contribution in [0.3, 0.4) is 0 Å². The summed E-state index contributed by atoms with van der Waals surface area (Å²) in [5.74, 6) is 0. The summed E-state index contributed by atoms with van der Waals surface area (Å²) in [5.41, 5.74) is 0.901. The van der Waals surface area contributed by atoms with Gasteiger partial charge in [0, 0.05) is 13.1 Å². The van der Waals surface area contributed by atoms with Gasteiger partial charge in [0.15, 0.2) is 5.15 Å². The molecule has 18 heavy (non-hydrogen) atoms. The summed E-state index contributed by atoms with van der Waals surface area (Å²) in [6.45, 7) is 6.59. The van der Waals surface area contributed by atoms with Crippen molar-refractivity contribution in [1.29, 1.82) is 5.26 Å². The van der Waals surface area contributed by atoms with Crippen LogP contribution in [-0.2, 0) is 0 Å². The number of nitriles is 1. The molecule has 0 aromatic carbocycles. The smallest absolute Gasteiger partial charge is 0.162 e. The lowest BCUT2D eigenvalue weighted by atomic mass is 9.78. The summed E-state index contributed by atoms with van der Waals surface area (Å²) >= 11 is 7.29. The number of halogens is 1. The maximum atomic E-state index is 9.16. The number of rotatable bonds is 3. The van der Waals surface area contributed by atoms with E-state index in [2.05, 4.69) is 29.2 Å². The molecule has 1 atom stereocenters. The molecule has 1 aromatic rings. The van der Waals surface area contributed by atoms with Gasteiger partial charge in [-0.25, -0.2) is 0 Å². The molecule has 3 nitrogen and oxygen atoms in total. The first-order chi connectivity index (χ1) is 8.59. The topological polar surface area (TPSA) is 39.9 Å². The Labute approximate surface area is 118 Å². The highest BCUT2D eigenvalue weighted by Crippen LogP contribution is 2.39. The minimum absolute atomic E-state index is 0.347. The van der Waals surface area contributed by atoms with Crippen LogP contribution in [0.2, 0.25) is 5.15 Å². The Morgan fingerprint density at radius 3 is 3.06 bits per heavy atom. The number of hydrogen-bond acceptors (Lipinski definition) is 4. The first-order valence-electron chi connectivity index (χ1n) is 6.40. The molecular formula is C13H18ClN3S. The van der Waals surface area contributed by atoms with Crippen molar-refractivity contribution in [3.05, 3.63) is 10.7 Å². The van der Waals surface area contributed by atoms with Gasteiger partial charge in [0.2, 0.25) is 0 Å². The Morgan fingerprint density at radius 1 is 1.61 bits per heavy atom. The van der Waals surface area contributed by atoms with Gasteiger partial charge in [0.05, 0.1) is 0 Å². The van der Waals surface area contributed by atoms with E-state index in [0.29, 0.717) is 16.1 Å². The molecule has 1 aliphatic rings. The second kappa shape index (κ2) is 5.46. The Balaban J connectivity index is 2.21. The SMILES string of the molecule is CCCC1(C)CCCN(c2snc(Cl)c2C#N)C1. The average molecular weight is 284 g/mol. The highest BCUT2D eigenvalue weighted by atomic mass is 35.5. The van der Waals surface area contributed by atoms with Crippen LogP contribution in [0.25, 0.3) is 0 Å². The molecule has 98 valence electrons. The van der Waals surface area contributed by atoms with E-state index in [-0.39, 0.29) is 0 Å². The highest BCUT2D eigenvalue weighted by Gasteiger charge is 2.32. The van der Waals surface area contributed by atoms with Crippen LogP contribution in [0.1, 0.15) is 45.1 Å². The van der Waals surface area contributed by atoms with E-state index in [1.807, 2.05) is 0 Å². The van der Waals surface area contributed by atoms with Crippen molar-refractivity contribution in [2.75, 3.05) is 18.0 Å². The average Bonchev–Trinajstić information content (AvgIpc) is 2.70. The van der Waals surface area contributed by atoms with Gasteiger partial charge in [0.25, 0.3) is 0 Å². The number of anilines is 1. The standard InChI is InChI=1S/C13H18ClN3S/c1-3-5-13(2)6-4-7-17(9-13)12-10(8-15)11(14)16-18-12/h3-7,9H2,1-2H3. The summed E-state index contributed by atoms with van der Waals surface area (Å²) in [5, 5.41) is 10.5. The molecule has 1 unspecified atom stereocenters. The summed E-state index contributed by atoms with van der Waals surface area (Å²) in [6.07, 6.45) is 4.89. The van der Waals surface area contributed by atoms with Crippen molar-refractivity contribution in [3.8, 4) is 6.07 Å². The predicted molar refractivity (Wildman–Crippen MR) is 76.3 cm³/mol. The Morgan fingerprint density at radius 2 is 2.39 bits per heavy atom. The molecular weight excluding hydrogens is 266 g/mol. The summed E-state index contributed by atoms with van der Waals surface area (Å²) in [4.78, 5) is 2.29. The van der Waals surface area contributed by atoms with Crippen LogP contribution < -0.4 is 4.90 Å². The van der Waals surface area contributed by atoms with Crippen LogP contribution in [0.4, 0.5) is 5.00 Å². The van der Waals surface area contributed by atoms with Crippen LogP contribution in [-0.4, -0.2) is 17.5 Å². The van der Waals surface area contributed by atoms with Gasteiger partial charge < -0.3 is 4.90 Å². The molecule has 1 saturated heterocycles. The lowest BCUT2D eigenvalue weighted by Crippen LogP contribution is -2.41. The fourth-order valence-corrected chi connectivity index (χ4v) is 3.92. The van der Waals surface area contributed by atoms with E-state index in [1.165, 1.54) is 37.2 Å². The third-order valence-electron chi connectivity index (χ3n) is 3.67. The Bertz CT molecular complexity index is 461. The zero-order valence-electron chi connectivity index (χ0n) is 10.9. The molecule has 0 amide bonds. The molecule has 1 aromatic heterocycles. The summed E-state index contributed by atoms with van der Waals surface area (Å²) in [7, 11) is 0. The van der Waals surface area contributed by atoms with Gasteiger partial charge in [-0.3, -0.25) is 0 Å². The van der Waals surface area contributed by atoms with Crippen molar-refractivity contribution in [2.24, 2.45) is 5.41 Å². The molecule has 2 heterocycles. The normalized spacial score (nSPS) is 24.0. The van der Waals surface area contributed by atoms with Crippen molar-refractivity contribution in [1.82, 2.24) is 4.37 Å². The van der Waals surface area contributed by atoms with Gasteiger partial charge in [-0.15, -0.1) is 0 Å². The second-order valence-electron chi connectivity index (χ2n) is 5.35. The fourth-order valence-electron chi connectivity index (χ4n) is 2.87. The largest absolute Gasteiger partial charge is 0.361 e. The maximum absolute atomic E-state index is 9.16. The minimum Gasteiger partial charge on any atom is -0.361 e. The lowest BCUT2D eigenvalue weighted by molar-refractivity contribution is 0.239. The maximum Gasteiger partial charge on any atom is 0.162 e. The molecule has 0 saturated carbocycles. The molecule has 0 bridgehead atoms. The van der Waals surface area contributed by atoms with E-state index < -0.39 is 0 Å². The lowest BCUT2D eigenvalue weighted by Gasteiger charge is -2.41. The molecule has 1 aliphatic heterocycles. The molecule has 2 rings (SSSR count). The minimum atomic E-state index is 0.347. The summed E-state index contributed by atoms with van der Waals surface area (Å²) < 4.78 is 4.10. The van der Waals surface area contributed by atoms with E-state index >= 15 is 0 Å². The van der Waals surface area contributed by atoms with Crippen molar-refractivity contribution < 1.29 is 0 Å². The van der Waals surface area contributed by atoms with Crippen molar-refractivity contribution in [2.45, 2.75) is 39.5 Å². The Hall–Kier alpha value is -0.790. The molecule has 0 spiro atoms. The Kier molecular flexibility index (Phi) is 4.14.